The van der Waals surface area contributed by atoms with Gasteiger partial charge in [0.25, 0.3) is 0 Å². The van der Waals surface area contributed by atoms with Gasteiger partial charge in [-0.1, -0.05) is 38.4 Å². The minimum atomic E-state index is -1.18. The molecule has 3 aromatic rings. The first-order chi connectivity index (χ1) is 13.7. The molecule has 3 rings (SSSR count). The monoisotopic (exact) mass is 412 g/mol. The van der Waals surface area contributed by atoms with Gasteiger partial charge in [0.15, 0.2) is 0 Å². The van der Waals surface area contributed by atoms with Crippen LogP contribution in [0.15, 0.2) is 37.2 Å². The molecule has 0 aliphatic carbocycles. The fourth-order valence-corrected chi connectivity index (χ4v) is 3.91. The van der Waals surface area contributed by atoms with Crippen LogP contribution in [0, 0.1) is 12.7 Å². The average Bonchev–Trinajstić information content (AvgIpc) is 3.24. The van der Waals surface area contributed by atoms with Crippen LogP contribution in [0.4, 0.5) is 4.39 Å². The second-order valence-electron chi connectivity index (χ2n) is 8.56. The van der Waals surface area contributed by atoms with Crippen molar-refractivity contribution in [2.75, 3.05) is 6.61 Å². The van der Waals surface area contributed by atoms with Gasteiger partial charge in [0.2, 0.25) is 0 Å². The third kappa shape index (κ3) is 5.10. The topological polar surface area (TPSA) is 44.9 Å². The van der Waals surface area contributed by atoms with E-state index < -0.39 is 8.07 Å². The van der Waals surface area contributed by atoms with E-state index in [0.29, 0.717) is 17.9 Å². The smallest absolute Gasteiger partial charge is 0.140 e. The molecule has 2 heterocycles. The molecule has 0 unspecified atom stereocenters. The summed E-state index contributed by atoms with van der Waals surface area (Å²) in [5.41, 5.74) is 4.45. The molecule has 0 aliphatic rings. The van der Waals surface area contributed by atoms with Crippen molar-refractivity contribution in [1.82, 2.24) is 19.6 Å². The van der Waals surface area contributed by atoms with E-state index >= 15 is 0 Å². The Morgan fingerprint density at radius 1 is 1.24 bits per heavy atom. The highest BCUT2D eigenvalue weighted by Gasteiger charge is 2.19. The second kappa shape index (κ2) is 8.47. The van der Waals surface area contributed by atoms with E-state index in [2.05, 4.69) is 31.3 Å². The molecule has 0 radical (unpaired) electrons. The van der Waals surface area contributed by atoms with Crippen molar-refractivity contribution in [1.29, 1.82) is 0 Å². The van der Waals surface area contributed by atoms with Gasteiger partial charge >= 0.3 is 0 Å². The Hall–Kier alpha value is -2.51. The first-order valence-electron chi connectivity index (χ1n) is 9.75. The van der Waals surface area contributed by atoms with Crippen molar-refractivity contribution >= 4 is 14.1 Å². The zero-order chi connectivity index (χ0) is 21.2. The molecule has 0 saturated heterocycles. The molecule has 7 heteroatoms. The van der Waals surface area contributed by atoms with E-state index in [4.69, 9.17) is 9.84 Å². The van der Waals surface area contributed by atoms with Gasteiger partial charge < -0.3 is 4.74 Å². The third-order valence-electron chi connectivity index (χ3n) is 4.79. The SMILES string of the molecule is C=Cc1cc(C)c(-c2cc(-c3cnn(C)c3)nn2COCC[Si](C)(C)C)c(F)c1. The predicted molar refractivity (Wildman–Crippen MR) is 119 cm³/mol. The second-order valence-corrected chi connectivity index (χ2v) is 14.2. The van der Waals surface area contributed by atoms with Crippen LogP contribution in [-0.2, 0) is 18.5 Å². The van der Waals surface area contributed by atoms with Gasteiger partial charge in [-0.05, 0) is 36.2 Å². The van der Waals surface area contributed by atoms with Crippen LogP contribution in [0.2, 0.25) is 25.7 Å². The van der Waals surface area contributed by atoms with E-state index in [1.54, 1.807) is 21.6 Å². The van der Waals surface area contributed by atoms with E-state index in [1.165, 1.54) is 6.07 Å². The first-order valence-corrected chi connectivity index (χ1v) is 13.5. The van der Waals surface area contributed by atoms with E-state index in [-0.39, 0.29) is 12.5 Å². The molecule has 0 aliphatic heterocycles. The maximum absolute atomic E-state index is 15.0. The largest absolute Gasteiger partial charge is 0.360 e. The first kappa shape index (κ1) is 21.2. The number of rotatable bonds is 8. The maximum Gasteiger partial charge on any atom is 0.140 e. The Morgan fingerprint density at radius 3 is 2.59 bits per heavy atom. The van der Waals surface area contributed by atoms with Crippen LogP contribution in [-0.4, -0.2) is 34.2 Å². The lowest BCUT2D eigenvalue weighted by molar-refractivity contribution is 0.0799. The molecule has 0 amide bonds. The minimum absolute atomic E-state index is 0.280. The molecule has 29 heavy (non-hydrogen) atoms. The Kier molecular flexibility index (Phi) is 6.19. The highest BCUT2D eigenvalue weighted by molar-refractivity contribution is 6.76. The lowest BCUT2D eigenvalue weighted by atomic mass is 10.0. The van der Waals surface area contributed by atoms with Gasteiger partial charge in [0, 0.05) is 39.1 Å². The Morgan fingerprint density at radius 2 is 2.00 bits per heavy atom. The van der Waals surface area contributed by atoms with Crippen LogP contribution in [0.3, 0.4) is 0 Å². The summed E-state index contributed by atoms with van der Waals surface area (Å²) in [4.78, 5) is 0. The Balaban J connectivity index is 1.98. The van der Waals surface area contributed by atoms with Gasteiger partial charge in [-0.3, -0.25) is 4.68 Å². The fourth-order valence-electron chi connectivity index (χ4n) is 3.15. The summed E-state index contributed by atoms with van der Waals surface area (Å²) in [5.74, 6) is -0.291. The van der Waals surface area contributed by atoms with Crippen LogP contribution < -0.4 is 0 Å². The number of benzene rings is 1. The molecule has 0 bridgehead atoms. The standard InChI is InChI=1S/C22H29FN4OSi/c1-7-17-10-16(2)22(19(23)11-17)21-12-20(18-13-24-26(3)14-18)25-27(21)15-28-8-9-29(4,5)6/h7,10-14H,1,8-9,15H2,2-6H3. The van der Waals surface area contributed by atoms with Gasteiger partial charge in [-0.25, -0.2) is 9.07 Å². The average molecular weight is 413 g/mol. The summed E-state index contributed by atoms with van der Waals surface area (Å²) < 4.78 is 24.4. The van der Waals surface area contributed by atoms with Gasteiger partial charge in [0.05, 0.1) is 17.6 Å². The van der Waals surface area contributed by atoms with Crippen LogP contribution in [0.25, 0.3) is 28.6 Å². The summed E-state index contributed by atoms with van der Waals surface area (Å²) in [6.45, 7) is 13.5. The van der Waals surface area contributed by atoms with Crippen molar-refractivity contribution in [3.63, 3.8) is 0 Å². The summed E-state index contributed by atoms with van der Waals surface area (Å²) in [6, 6.07) is 6.40. The zero-order valence-electron chi connectivity index (χ0n) is 17.9. The number of aryl methyl sites for hydroxylation is 2. The molecule has 1 aromatic carbocycles. The quantitative estimate of drug-likeness (QED) is 0.370. The van der Waals surface area contributed by atoms with Crippen molar-refractivity contribution in [2.45, 2.75) is 39.3 Å². The molecule has 0 saturated carbocycles. The highest BCUT2D eigenvalue weighted by Crippen LogP contribution is 2.31. The van der Waals surface area contributed by atoms with Crippen molar-refractivity contribution < 1.29 is 9.13 Å². The molecular formula is C22H29FN4OSi. The van der Waals surface area contributed by atoms with Crippen LogP contribution in [0.1, 0.15) is 11.1 Å². The van der Waals surface area contributed by atoms with E-state index in [1.807, 2.05) is 32.3 Å². The molecule has 2 aromatic heterocycles. The fraction of sp³-hybridized carbons (Fsp3) is 0.364. The molecule has 0 N–H and O–H groups in total. The van der Waals surface area contributed by atoms with Crippen LogP contribution in [0.5, 0.6) is 0 Å². The molecule has 0 fully saturated rings. The molecule has 5 nitrogen and oxygen atoms in total. The van der Waals surface area contributed by atoms with E-state index in [0.717, 1.165) is 28.4 Å². The predicted octanol–water partition coefficient (Wildman–Crippen LogP) is 5.35. The van der Waals surface area contributed by atoms with Crippen molar-refractivity contribution in [2.24, 2.45) is 7.05 Å². The highest BCUT2D eigenvalue weighted by atomic mass is 28.3. The maximum atomic E-state index is 15.0. The Bertz CT molecular complexity index is 993. The van der Waals surface area contributed by atoms with Gasteiger partial charge in [-0.2, -0.15) is 10.2 Å². The lowest BCUT2D eigenvalue weighted by Crippen LogP contribution is -2.22. The third-order valence-corrected chi connectivity index (χ3v) is 6.50. The van der Waals surface area contributed by atoms with Gasteiger partial charge in [0.1, 0.15) is 12.5 Å². The van der Waals surface area contributed by atoms with Crippen molar-refractivity contribution in [3.05, 3.63) is 54.1 Å². The van der Waals surface area contributed by atoms with E-state index in [9.17, 15) is 4.39 Å². The minimum Gasteiger partial charge on any atom is -0.360 e. The molecule has 0 spiro atoms. The number of aromatic nitrogens is 4. The zero-order valence-corrected chi connectivity index (χ0v) is 18.9. The summed E-state index contributed by atoms with van der Waals surface area (Å²) in [7, 11) is 0.679. The number of nitrogens with zero attached hydrogens (tertiary/aromatic N) is 4. The number of hydrogen-bond donors (Lipinski definition) is 0. The lowest BCUT2D eigenvalue weighted by Gasteiger charge is -2.16. The Labute approximate surface area is 172 Å². The normalized spacial score (nSPS) is 11.8. The summed E-state index contributed by atoms with van der Waals surface area (Å²) in [5, 5.41) is 8.91. The van der Waals surface area contributed by atoms with Crippen LogP contribution >= 0.6 is 0 Å². The van der Waals surface area contributed by atoms with Gasteiger partial charge in [-0.15, -0.1) is 0 Å². The molecular weight excluding hydrogens is 383 g/mol. The molecule has 0 atom stereocenters. The number of hydrogen-bond acceptors (Lipinski definition) is 3. The summed E-state index contributed by atoms with van der Waals surface area (Å²) in [6.07, 6.45) is 5.30. The number of halogens is 1. The number of ether oxygens (including phenoxy) is 1. The summed E-state index contributed by atoms with van der Waals surface area (Å²) >= 11 is 0. The molecule has 154 valence electrons. The van der Waals surface area contributed by atoms with Crippen molar-refractivity contribution in [3.8, 4) is 22.5 Å².